The standard InChI is InChI=1S/C16H14FN5O2.C15H11FN4O3/c1-18-15(23)11-7-19-13-12(11)21-8-22-14(13)16(24)20-6-9-2-4-10(17)5-3-9;16-9-3-1-8(2-4-9)5-18-14(21)13-12-11(19-7-20-13)10(6-17-12)15(22)23/h2-5,7-8,19H,6H2,1H3,(H,18,23)(H,20,24);1-4,6-7,17H,5H2,(H,18,21)(H,22,23). The van der Waals surface area contributed by atoms with Crippen LogP contribution >= 0.6 is 0 Å². The van der Waals surface area contributed by atoms with Gasteiger partial charge in [0.15, 0.2) is 11.4 Å². The molecule has 2 aromatic carbocycles. The predicted molar refractivity (Wildman–Crippen MR) is 163 cm³/mol. The number of amides is 3. The molecule has 0 atom stereocenters. The number of carbonyl (C=O) groups is 4. The Morgan fingerprint density at radius 1 is 0.660 bits per heavy atom. The summed E-state index contributed by atoms with van der Waals surface area (Å²) in [6.07, 6.45) is 5.11. The molecule has 0 fully saturated rings. The summed E-state index contributed by atoms with van der Waals surface area (Å²) in [5.41, 5.74) is 3.14. The van der Waals surface area contributed by atoms with Crippen molar-refractivity contribution < 1.29 is 33.1 Å². The molecular weight excluding hydrogens is 616 g/mol. The van der Waals surface area contributed by atoms with Crippen molar-refractivity contribution in [2.24, 2.45) is 0 Å². The van der Waals surface area contributed by atoms with Crippen LogP contribution in [0.25, 0.3) is 22.1 Å². The van der Waals surface area contributed by atoms with Gasteiger partial charge in [0.2, 0.25) is 0 Å². The van der Waals surface area contributed by atoms with Gasteiger partial charge in [-0.25, -0.2) is 33.5 Å². The lowest BCUT2D eigenvalue weighted by Gasteiger charge is -2.05. The smallest absolute Gasteiger partial charge is 0.339 e. The van der Waals surface area contributed by atoms with Gasteiger partial charge >= 0.3 is 5.97 Å². The van der Waals surface area contributed by atoms with Crippen molar-refractivity contribution in [3.63, 3.8) is 0 Å². The van der Waals surface area contributed by atoms with Crippen LogP contribution in [0, 0.1) is 11.6 Å². The molecule has 6 rings (SSSR count). The van der Waals surface area contributed by atoms with Crippen molar-refractivity contribution in [2.45, 2.75) is 13.1 Å². The van der Waals surface area contributed by atoms with E-state index in [1.54, 1.807) is 24.3 Å². The highest BCUT2D eigenvalue weighted by molar-refractivity contribution is 6.10. The molecule has 6 N–H and O–H groups in total. The molecule has 0 radical (unpaired) electrons. The molecule has 0 unspecified atom stereocenters. The topological polar surface area (TPSA) is 208 Å². The lowest BCUT2D eigenvalue weighted by molar-refractivity contribution is 0.0698. The van der Waals surface area contributed by atoms with Crippen LogP contribution in [0.4, 0.5) is 8.78 Å². The third-order valence-corrected chi connectivity index (χ3v) is 6.79. The lowest BCUT2D eigenvalue weighted by Crippen LogP contribution is -2.24. The first-order valence-corrected chi connectivity index (χ1v) is 13.8. The number of hydrogen-bond acceptors (Lipinski definition) is 8. The maximum atomic E-state index is 12.9. The van der Waals surface area contributed by atoms with Crippen molar-refractivity contribution in [3.8, 4) is 0 Å². The fraction of sp³-hybridized carbons (Fsp3) is 0.0968. The Morgan fingerprint density at radius 3 is 1.51 bits per heavy atom. The van der Waals surface area contributed by atoms with E-state index in [0.717, 1.165) is 17.5 Å². The Hall–Kier alpha value is -6.58. The first-order chi connectivity index (χ1) is 22.7. The maximum Gasteiger partial charge on any atom is 0.339 e. The Kier molecular flexibility index (Phi) is 9.50. The summed E-state index contributed by atoms with van der Waals surface area (Å²) in [6, 6.07) is 11.5. The van der Waals surface area contributed by atoms with Gasteiger partial charge in [-0.05, 0) is 35.4 Å². The minimum Gasteiger partial charge on any atom is -0.478 e. The van der Waals surface area contributed by atoms with E-state index in [2.05, 4.69) is 45.9 Å². The molecule has 0 aliphatic rings. The van der Waals surface area contributed by atoms with Gasteiger partial charge in [0.05, 0.1) is 16.6 Å². The normalized spacial score (nSPS) is 10.6. The summed E-state index contributed by atoms with van der Waals surface area (Å²) in [7, 11) is 1.51. The Morgan fingerprint density at radius 2 is 1.09 bits per heavy atom. The molecule has 0 saturated heterocycles. The van der Waals surface area contributed by atoms with Crippen LogP contribution in [0.15, 0.2) is 73.6 Å². The number of carbonyl (C=O) groups excluding carboxylic acids is 3. The van der Waals surface area contributed by atoms with Crippen LogP contribution in [0.1, 0.15) is 52.8 Å². The second kappa shape index (κ2) is 14.0. The number of nitrogens with zero attached hydrogens (tertiary/aromatic N) is 4. The van der Waals surface area contributed by atoms with Gasteiger partial charge in [-0.15, -0.1) is 0 Å². The van der Waals surface area contributed by atoms with Crippen molar-refractivity contribution in [1.82, 2.24) is 45.9 Å². The molecule has 0 saturated carbocycles. The minimum absolute atomic E-state index is 0.0324. The van der Waals surface area contributed by atoms with Gasteiger partial charge in [-0.3, -0.25) is 14.4 Å². The summed E-state index contributed by atoms with van der Waals surface area (Å²) < 4.78 is 25.7. The van der Waals surface area contributed by atoms with Gasteiger partial charge in [0, 0.05) is 32.5 Å². The van der Waals surface area contributed by atoms with Gasteiger partial charge in [-0.1, -0.05) is 24.3 Å². The molecule has 0 aliphatic heterocycles. The van der Waals surface area contributed by atoms with E-state index in [4.69, 9.17) is 5.11 Å². The lowest BCUT2D eigenvalue weighted by atomic mass is 10.2. The summed E-state index contributed by atoms with van der Waals surface area (Å²) >= 11 is 0. The molecule has 6 aromatic rings. The number of nitrogens with one attached hydrogen (secondary N) is 5. The number of benzene rings is 2. The number of fused-ring (bicyclic) bond motifs is 2. The second-order valence-electron chi connectivity index (χ2n) is 9.80. The highest BCUT2D eigenvalue weighted by Gasteiger charge is 2.20. The van der Waals surface area contributed by atoms with E-state index in [0.29, 0.717) is 16.6 Å². The average molecular weight is 642 g/mol. The highest BCUT2D eigenvalue weighted by Crippen LogP contribution is 2.19. The quantitative estimate of drug-likeness (QED) is 0.144. The van der Waals surface area contributed by atoms with Crippen LogP contribution in [-0.4, -0.2) is 65.7 Å². The molecule has 14 nitrogen and oxygen atoms in total. The van der Waals surface area contributed by atoms with Crippen molar-refractivity contribution in [2.75, 3.05) is 7.05 Å². The SMILES string of the molecule is CNC(=O)c1c[nH]c2c(C(=O)NCc3ccc(F)cc3)ncnc12.O=C(O)c1c[nH]c2c(C(=O)NCc3ccc(F)cc3)ncnc12. The van der Waals surface area contributed by atoms with Crippen LogP contribution in [-0.2, 0) is 13.1 Å². The number of carboxylic acids is 1. The van der Waals surface area contributed by atoms with Crippen molar-refractivity contribution >= 4 is 45.8 Å². The number of rotatable bonds is 8. The maximum absolute atomic E-state index is 12.9. The first kappa shape index (κ1) is 31.8. The number of hydrogen-bond donors (Lipinski definition) is 6. The number of aromatic amines is 2. The largest absolute Gasteiger partial charge is 0.478 e. The van der Waals surface area contributed by atoms with E-state index < -0.39 is 17.8 Å². The van der Waals surface area contributed by atoms with Gasteiger partial charge in [0.1, 0.15) is 40.9 Å². The van der Waals surface area contributed by atoms with Crippen LogP contribution in [0.3, 0.4) is 0 Å². The average Bonchev–Trinajstić information content (AvgIpc) is 3.72. The minimum atomic E-state index is -1.15. The molecule has 0 aliphatic carbocycles. The van der Waals surface area contributed by atoms with Crippen LogP contribution in [0.5, 0.6) is 0 Å². The summed E-state index contributed by atoms with van der Waals surface area (Å²) in [5, 5.41) is 16.9. The number of aromatic nitrogens is 6. The summed E-state index contributed by atoms with van der Waals surface area (Å²) in [5.74, 6) is -3.05. The fourth-order valence-corrected chi connectivity index (χ4v) is 4.43. The second-order valence-corrected chi connectivity index (χ2v) is 9.80. The van der Waals surface area contributed by atoms with E-state index in [1.807, 2.05) is 0 Å². The first-order valence-electron chi connectivity index (χ1n) is 13.8. The van der Waals surface area contributed by atoms with Gasteiger partial charge in [0.25, 0.3) is 17.7 Å². The molecule has 0 bridgehead atoms. The third-order valence-electron chi connectivity index (χ3n) is 6.79. The number of aromatic carboxylic acids is 1. The zero-order valence-electron chi connectivity index (χ0n) is 24.5. The predicted octanol–water partition coefficient (Wildman–Crippen LogP) is 3.11. The number of halogens is 2. The third kappa shape index (κ3) is 7.22. The Balaban J connectivity index is 0.000000185. The molecule has 4 aromatic heterocycles. The molecule has 47 heavy (non-hydrogen) atoms. The zero-order valence-corrected chi connectivity index (χ0v) is 24.5. The van der Waals surface area contributed by atoms with E-state index in [-0.39, 0.29) is 58.6 Å². The Bertz CT molecular complexity index is 2100. The molecule has 0 spiro atoms. The molecule has 16 heteroatoms. The fourth-order valence-electron chi connectivity index (χ4n) is 4.43. The molecule has 3 amide bonds. The van der Waals surface area contributed by atoms with Crippen LogP contribution < -0.4 is 16.0 Å². The van der Waals surface area contributed by atoms with E-state index >= 15 is 0 Å². The van der Waals surface area contributed by atoms with Gasteiger partial charge < -0.3 is 31.0 Å². The summed E-state index contributed by atoms with van der Waals surface area (Å²) in [4.78, 5) is 68.9. The van der Waals surface area contributed by atoms with E-state index in [1.165, 1.54) is 50.0 Å². The molecular formula is C31H25F2N9O5. The monoisotopic (exact) mass is 641 g/mol. The van der Waals surface area contributed by atoms with Gasteiger partial charge in [-0.2, -0.15) is 0 Å². The summed E-state index contributed by atoms with van der Waals surface area (Å²) in [6.45, 7) is 0.421. The molecule has 238 valence electrons. The van der Waals surface area contributed by atoms with Crippen LogP contribution in [0.2, 0.25) is 0 Å². The Labute approximate surface area is 263 Å². The van der Waals surface area contributed by atoms with Crippen molar-refractivity contribution in [3.05, 3.63) is 119 Å². The molecule has 4 heterocycles. The number of carboxylic acid groups (broad SMARTS) is 1. The number of H-pyrrole nitrogens is 2. The van der Waals surface area contributed by atoms with E-state index in [9.17, 15) is 28.0 Å². The zero-order chi connectivity index (χ0) is 33.5. The van der Waals surface area contributed by atoms with Crippen molar-refractivity contribution in [1.29, 1.82) is 0 Å². The highest BCUT2D eigenvalue weighted by atomic mass is 19.1.